The Morgan fingerprint density at radius 1 is 0.792 bits per heavy atom. The summed E-state index contributed by atoms with van der Waals surface area (Å²) in [4.78, 5) is 33.5. The van der Waals surface area contributed by atoms with Crippen molar-refractivity contribution in [1.29, 1.82) is 0 Å². The second-order valence-corrected chi connectivity index (χ2v) is 5.92. The molecule has 2 aromatic heterocycles. The van der Waals surface area contributed by atoms with Crippen LogP contribution in [0.25, 0.3) is 0 Å². The Labute approximate surface area is 138 Å². The summed E-state index contributed by atoms with van der Waals surface area (Å²) < 4.78 is 10.7. The van der Waals surface area contributed by atoms with E-state index in [0.717, 1.165) is 37.1 Å². The van der Waals surface area contributed by atoms with Gasteiger partial charge in [0.25, 0.3) is 0 Å². The Bertz CT molecular complexity index is 816. The predicted molar refractivity (Wildman–Crippen MR) is 85.3 cm³/mol. The van der Waals surface area contributed by atoms with Crippen molar-refractivity contribution >= 4 is 11.6 Å². The molecule has 0 unspecified atom stereocenters. The topological polar surface area (TPSA) is 85.0 Å². The number of Topliss-reactive ketones (excluding diaryl/α,β-unsaturated/α-hetero) is 2. The maximum Gasteiger partial charge on any atom is 0.239 e. The lowest BCUT2D eigenvalue weighted by molar-refractivity contribution is 0.0816. The van der Waals surface area contributed by atoms with Gasteiger partial charge in [-0.25, -0.2) is 0 Å². The lowest BCUT2D eigenvalue weighted by atomic mass is 10.0. The quantitative estimate of drug-likeness (QED) is 0.293. The smallest absolute Gasteiger partial charge is 0.239 e. The Morgan fingerprint density at radius 2 is 1.21 bits per heavy atom. The van der Waals surface area contributed by atoms with Crippen LogP contribution in [0.3, 0.4) is 0 Å². The predicted octanol–water partition coefficient (Wildman–Crippen LogP) is 3.66. The number of fused-ring (bicyclic) bond motifs is 2. The summed E-state index contributed by atoms with van der Waals surface area (Å²) in [6.45, 7) is 4.09. The van der Waals surface area contributed by atoms with Crippen LogP contribution in [0.4, 0.5) is 0 Å². The highest BCUT2D eigenvalue weighted by Gasteiger charge is 2.39. The second kappa shape index (κ2) is 5.40. The Morgan fingerprint density at radius 3 is 1.58 bits per heavy atom. The lowest BCUT2D eigenvalue weighted by Crippen LogP contribution is -2.14. The first-order valence-electron chi connectivity index (χ1n) is 8.14. The van der Waals surface area contributed by atoms with Crippen molar-refractivity contribution in [3.05, 3.63) is 34.9 Å². The van der Waals surface area contributed by atoms with Gasteiger partial charge in [0, 0.05) is 12.4 Å². The van der Waals surface area contributed by atoms with E-state index in [-0.39, 0.29) is 11.1 Å². The molecular weight excluding hydrogens is 308 g/mol. The molecule has 24 heavy (non-hydrogen) atoms. The molecule has 4 heterocycles. The van der Waals surface area contributed by atoms with Crippen molar-refractivity contribution < 1.29 is 19.1 Å². The van der Waals surface area contributed by atoms with Crippen LogP contribution in [0.15, 0.2) is 12.4 Å². The average Bonchev–Trinajstić information content (AvgIpc) is 3.46. The first kappa shape index (κ1) is 14.8. The molecule has 4 rings (SSSR count). The summed E-state index contributed by atoms with van der Waals surface area (Å²) >= 11 is 0. The minimum atomic E-state index is -0.637. The second-order valence-electron chi connectivity index (χ2n) is 5.92. The molecule has 0 aromatic carbocycles. The van der Waals surface area contributed by atoms with Gasteiger partial charge in [-0.2, -0.15) is 0 Å². The van der Waals surface area contributed by atoms with E-state index in [0.29, 0.717) is 23.0 Å². The average molecular weight is 324 g/mol. The molecule has 2 aliphatic heterocycles. The van der Waals surface area contributed by atoms with Gasteiger partial charge in [-0.15, -0.1) is 0 Å². The van der Waals surface area contributed by atoms with E-state index in [2.05, 4.69) is 9.97 Å². The van der Waals surface area contributed by atoms with Gasteiger partial charge in [0.2, 0.25) is 11.6 Å². The summed E-state index contributed by atoms with van der Waals surface area (Å²) in [6, 6.07) is 0. The molecule has 2 aliphatic rings. The molecule has 6 heteroatoms. The largest absolute Gasteiger partial charge is 0.447 e. The highest BCUT2D eigenvalue weighted by Crippen LogP contribution is 2.52. The fraction of sp³-hybridized carbons (Fsp3) is 0.333. The summed E-state index contributed by atoms with van der Waals surface area (Å²) in [7, 11) is 0. The van der Waals surface area contributed by atoms with Gasteiger partial charge in [-0.1, -0.05) is 26.7 Å². The summed E-state index contributed by atoms with van der Waals surface area (Å²) in [5, 5.41) is 0. The monoisotopic (exact) mass is 324 g/mol. The number of carbonyl (C=O) groups excluding carboxylic acids is 2. The number of ether oxygens (including phenoxy) is 2. The summed E-state index contributed by atoms with van der Waals surface area (Å²) in [6.07, 6.45) is 6.30. The maximum absolute atomic E-state index is 12.5. The summed E-state index contributed by atoms with van der Waals surface area (Å²) in [5.74, 6) is 0.954. The van der Waals surface area contributed by atoms with Gasteiger partial charge >= 0.3 is 0 Å². The van der Waals surface area contributed by atoms with Gasteiger partial charge in [-0.05, 0) is 12.8 Å². The highest BCUT2D eigenvalue weighted by molar-refractivity contribution is 6.50. The van der Waals surface area contributed by atoms with E-state index >= 15 is 0 Å². The van der Waals surface area contributed by atoms with E-state index in [1.807, 2.05) is 13.8 Å². The maximum atomic E-state index is 12.5. The van der Waals surface area contributed by atoms with Crippen LogP contribution in [-0.2, 0) is 12.8 Å². The molecule has 0 saturated carbocycles. The van der Waals surface area contributed by atoms with E-state index < -0.39 is 11.6 Å². The Kier molecular flexibility index (Phi) is 3.33. The number of hydrogen-bond donors (Lipinski definition) is 0. The molecule has 0 saturated heterocycles. The molecule has 0 bridgehead atoms. The van der Waals surface area contributed by atoms with E-state index in [1.54, 1.807) is 0 Å². The van der Waals surface area contributed by atoms with Crippen molar-refractivity contribution in [2.45, 2.75) is 39.5 Å². The van der Waals surface area contributed by atoms with E-state index in [1.165, 1.54) is 12.4 Å². The SMILES string of the molecule is CCCc1ncc(C(=O)C(=O)c2cnc(CCC)c3c2O3)c2c1O2. The van der Waals surface area contributed by atoms with Gasteiger partial charge in [0.05, 0.1) is 22.5 Å². The van der Waals surface area contributed by atoms with Crippen LogP contribution >= 0.6 is 0 Å². The Hall–Kier alpha value is -2.76. The number of ketones is 2. The Balaban J connectivity index is 1.60. The van der Waals surface area contributed by atoms with Gasteiger partial charge in [-0.3, -0.25) is 19.6 Å². The molecule has 2 aromatic rings. The molecule has 0 aliphatic carbocycles. The first-order valence-corrected chi connectivity index (χ1v) is 8.14. The number of nitrogens with zero attached hydrogens (tertiary/aromatic N) is 2. The third-order valence-electron chi connectivity index (χ3n) is 4.12. The van der Waals surface area contributed by atoms with Crippen molar-refractivity contribution in [2.24, 2.45) is 0 Å². The van der Waals surface area contributed by atoms with Gasteiger partial charge < -0.3 is 9.47 Å². The molecule has 0 N–H and O–H groups in total. The van der Waals surface area contributed by atoms with Crippen LogP contribution < -0.4 is 9.47 Å². The van der Waals surface area contributed by atoms with Crippen LogP contribution in [0.2, 0.25) is 0 Å². The number of hydrogen-bond acceptors (Lipinski definition) is 6. The van der Waals surface area contributed by atoms with Gasteiger partial charge in [0.1, 0.15) is 0 Å². The number of pyridine rings is 2. The zero-order chi connectivity index (χ0) is 16.8. The fourth-order valence-electron chi connectivity index (χ4n) is 2.80. The zero-order valence-electron chi connectivity index (χ0n) is 13.5. The van der Waals surface area contributed by atoms with Crippen LogP contribution in [-0.4, -0.2) is 21.5 Å². The third-order valence-corrected chi connectivity index (χ3v) is 4.12. The number of carbonyl (C=O) groups is 2. The summed E-state index contributed by atoms with van der Waals surface area (Å²) in [5.41, 5.74) is 2.08. The van der Waals surface area contributed by atoms with Crippen molar-refractivity contribution in [2.75, 3.05) is 0 Å². The van der Waals surface area contributed by atoms with Crippen molar-refractivity contribution in [3.63, 3.8) is 0 Å². The lowest BCUT2D eigenvalue weighted by Gasteiger charge is -1.99. The number of aromatic nitrogens is 2. The third kappa shape index (κ3) is 2.26. The number of rotatable bonds is 7. The van der Waals surface area contributed by atoms with Crippen molar-refractivity contribution in [3.8, 4) is 23.0 Å². The minimum Gasteiger partial charge on any atom is -0.447 e. The molecule has 0 radical (unpaired) electrons. The highest BCUT2D eigenvalue weighted by atomic mass is 16.6. The molecule has 0 amide bonds. The molecular formula is C18H16N2O4. The zero-order valence-corrected chi connectivity index (χ0v) is 13.5. The molecule has 0 atom stereocenters. The van der Waals surface area contributed by atoms with E-state index in [9.17, 15) is 9.59 Å². The fourth-order valence-corrected chi connectivity index (χ4v) is 2.80. The minimum absolute atomic E-state index is 0.210. The first-order chi connectivity index (χ1) is 11.7. The molecule has 122 valence electrons. The normalized spacial score (nSPS) is 12.6. The van der Waals surface area contributed by atoms with Crippen LogP contribution in [0.5, 0.6) is 23.0 Å². The number of aryl methyl sites for hydroxylation is 2. The van der Waals surface area contributed by atoms with E-state index in [4.69, 9.17) is 9.47 Å². The molecule has 0 spiro atoms. The van der Waals surface area contributed by atoms with Crippen LogP contribution in [0.1, 0.15) is 58.8 Å². The van der Waals surface area contributed by atoms with Gasteiger partial charge in [0.15, 0.2) is 23.0 Å². The standard InChI is InChI=1S/C18H16N2O4/c1-3-5-11-17-15(23-17)9(7-19-11)13(21)14(22)10-8-20-12(6-4-2)18-16(10)24-18/h7-8H,3-6H2,1-2H3. The molecule has 6 nitrogen and oxygen atoms in total. The van der Waals surface area contributed by atoms with Crippen LogP contribution in [0, 0.1) is 0 Å². The molecule has 0 fully saturated rings. The van der Waals surface area contributed by atoms with Crippen molar-refractivity contribution in [1.82, 2.24) is 9.97 Å².